The second kappa shape index (κ2) is 8.94. The molecule has 0 radical (unpaired) electrons. The van der Waals surface area contributed by atoms with E-state index in [1.807, 2.05) is 6.92 Å². The van der Waals surface area contributed by atoms with Gasteiger partial charge in [0.15, 0.2) is 11.5 Å². The first-order valence-electron chi connectivity index (χ1n) is 9.87. The molecule has 13 heteroatoms. The number of rotatable bonds is 7. The van der Waals surface area contributed by atoms with E-state index in [9.17, 15) is 22.4 Å². The number of aromatic nitrogens is 4. The summed E-state index contributed by atoms with van der Waals surface area (Å²) in [5, 5.41) is 0. The van der Waals surface area contributed by atoms with Crippen molar-refractivity contribution in [3.63, 3.8) is 0 Å². The number of carbonyl (C=O) groups is 1. The Morgan fingerprint density at radius 2 is 1.88 bits per heavy atom. The standard InChI is InChI=1S/C19H24FN7O4S/c1-4-10-25(3)18(28)27-14-15(21)22-17(24-32(30,31)5-2)23-16(14)26(19(27)29)11-12-6-8-13(20)9-7-12/h6-9H,4-5,10-11H2,1-3H3,(H3,21,22,23,24). The van der Waals surface area contributed by atoms with Crippen molar-refractivity contribution in [2.75, 3.05) is 29.8 Å². The highest BCUT2D eigenvalue weighted by molar-refractivity contribution is 7.92. The molecule has 32 heavy (non-hydrogen) atoms. The molecule has 1 aromatic carbocycles. The van der Waals surface area contributed by atoms with Gasteiger partial charge in [0.1, 0.15) is 11.3 Å². The fraction of sp³-hybridized carbons (Fsp3) is 0.368. The van der Waals surface area contributed by atoms with Crippen molar-refractivity contribution in [3.8, 4) is 0 Å². The zero-order valence-corrected chi connectivity index (χ0v) is 18.7. The highest BCUT2D eigenvalue weighted by atomic mass is 32.2. The molecule has 11 nitrogen and oxygen atoms in total. The lowest BCUT2D eigenvalue weighted by Crippen LogP contribution is -2.38. The number of fused-ring (bicyclic) bond motifs is 1. The molecular formula is C19H24FN7O4S. The number of benzene rings is 1. The van der Waals surface area contributed by atoms with Crippen LogP contribution in [0.15, 0.2) is 29.1 Å². The van der Waals surface area contributed by atoms with E-state index < -0.39 is 27.6 Å². The lowest BCUT2D eigenvalue weighted by molar-refractivity contribution is 0.210. The number of hydrogen-bond donors (Lipinski definition) is 2. The van der Waals surface area contributed by atoms with Gasteiger partial charge in [-0.15, -0.1) is 0 Å². The van der Waals surface area contributed by atoms with Crippen LogP contribution in [0.3, 0.4) is 0 Å². The van der Waals surface area contributed by atoms with E-state index in [4.69, 9.17) is 5.73 Å². The molecule has 0 fully saturated rings. The molecule has 0 saturated heterocycles. The average molecular weight is 466 g/mol. The molecule has 0 saturated carbocycles. The molecule has 3 aromatic rings. The van der Waals surface area contributed by atoms with Gasteiger partial charge in [0.25, 0.3) is 0 Å². The van der Waals surface area contributed by atoms with Crippen LogP contribution in [0, 0.1) is 5.82 Å². The van der Waals surface area contributed by atoms with E-state index in [0.717, 1.165) is 4.57 Å². The fourth-order valence-corrected chi connectivity index (χ4v) is 3.63. The number of nitrogen functional groups attached to an aromatic ring is 1. The van der Waals surface area contributed by atoms with Crippen LogP contribution in [-0.4, -0.2) is 57.8 Å². The average Bonchev–Trinajstić information content (AvgIpc) is 3.01. The smallest absolute Gasteiger partial charge is 0.339 e. The summed E-state index contributed by atoms with van der Waals surface area (Å²) in [6, 6.07) is 4.83. The summed E-state index contributed by atoms with van der Waals surface area (Å²) in [6.45, 7) is 3.66. The third-order valence-corrected chi connectivity index (χ3v) is 6.01. The van der Waals surface area contributed by atoms with Crippen molar-refractivity contribution in [1.29, 1.82) is 0 Å². The normalized spacial score (nSPS) is 11.6. The number of anilines is 2. The first-order chi connectivity index (χ1) is 15.1. The van der Waals surface area contributed by atoms with Gasteiger partial charge in [-0.3, -0.25) is 9.29 Å². The Labute approximate surface area is 183 Å². The quantitative estimate of drug-likeness (QED) is 0.537. The molecule has 172 valence electrons. The minimum absolute atomic E-state index is 0.0288. The summed E-state index contributed by atoms with van der Waals surface area (Å²) in [4.78, 5) is 35.7. The van der Waals surface area contributed by atoms with Gasteiger partial charge in [0.05, 0.1) is 12.3 Å². The van der Waals surface area contributed by atoms with Crippen molar-refractivity contribution in [2.24, 2.45) is 0 Å². The molecule has 0 atom stereocenters. The number of nitrogens with zero attached hydrogens (tertiary/aromatic N) is 5. The van der Waals surface area contributed by atoms with Gasteiger partial charge < -0.3 is 10.6 Å². The number of nitrogens with two attached hydrogens (primary N) is 1. The van der Waals surface area contributed by atoms with Crippen LogP contribution in [0.2, 0.25) is 0 Å². The maximum absolute atomic E-state index is 13.3. The molecule has 0 aliphatic carbocycles. The van der Waals surface area contributed by atoms with E-state index >= 15 is 0 Å². The van der Waals surface area contributed by atoms with Crippen LogP contribution < -0.4 is 16.1 Å². The van der Waals surface area contributed by atoms with Crippen LogP contribution in [0.1, 0.15) is 25.8 Å². The van der Waals surface area contributed by atoms with Crippen molar-refractivity contribution >= 4 is 39.0 Å². The Balaban J connectivity index is 2.25. The number of carbonyl (C=O) groups excluding carboxylic acids is 1. The Kier molecular flexibility index (Phi) is 6.48. The summed E-state index contributed by atoms with van der Waals surface area (Å²) >= 11 is 0. The monoisotopic (exact) mass is 465 g/mol. The second-order valence-corrected chi connectivity index (χ2v) is 9.16. The molecule has 3 rings (SSSR count). The summed E-state index contributed by atoms with van der Waals surface area (Å²) in [5.74, 6) is -1.23. The predicted octanol–water partition coefficient (Wildman–Crippen LogP) is 1.43. The van der Waals surface area contributed by atoms with Gasteiger partial charge in [0.2, 0.25) is 16.0 Å². The van der Waals surface area contributed by atoms with E-state index in [0.29, 0.717) is 18.5 Å². The van der Waals surface area contributed by atoms with E-state index in [-0.39, 0.29) is 35.2 Å². The van der Waals surface area contributed by atoms with E-state index in [1.54, 1.807) is 7.05 Å². The number of nitrogens with one attached hydrogen (secondary N) is 1. The minimum Gasteiger partial charge on any atom is -0.382 e. The Morgan fingerprint density at radius 1 is 1.22 bits per heavy atom. The number of sulfonamides is 1. The van der Waals surface area contributed by atoms with Crippen molar-refractivity contribution in [1.82, 2.24) is 24.0 Å². The van der Waals surface area contributed by atoms with Crippen LogP contribution in [-0.2, 0) is 16.6 Å². The molecule has 0 aliphatic heterocycles. The van der Waals surface area contributed by atoms with Gasteiger partial charge in [-0.2, -0.15) is 9.97 Å². The number of amides is 1. The molecule has 0 spiro atoms. The first kappa shape index (κ1) is 23.2. The molecule has 1 amide bonds. The van der Waals surface area contributed by atoms with Crippen molar-refractivity contribution in [3.05, 3.63) is 46.1 Å². The predicted molar refractivity (Wildman–Crippen MR) is 119 cm³/mol. The number of imidazole rings is 1. The fourth-order valence-electron chi connectivity index (χ4n) is 3.12. The third kappa shape index (κ3) is 4.56. The topological polar surface area (TPSA) is 145 Å². The lowest BCUT2D eigenvalue weighted by atomic mass is 10.2. The van der Waals surface area contributed by atoms with Gasteiger partial charge in [-0.05, 0) is 31.0 Å². The number of hydrogen-bond acceptors (Lipinski definition) is 7. The summed E-state index contributed by atoms with van der Waals surface area (Å²) < 4.78 is 41.5. The van der Waals surface area contributed by atoms with Crippen LogP contribution in [0.25, 0.3) is 11.2 Å². The SMILES string of the molecule is CCCN(C)C(=O)n1c(=O)n(Cc2ccc(F)cc2)c2nc(NS(=O)(=O)CC)nc(N)c21. The molecule has 0 bridgehead atoms. The molecular weight excluding hydrogens is 441 g/mol. The van der Waals surface area contributed by atoms with Crippen LogP contribution in [0.5, 0.6) is 0 Å². The van der Waals surface area contributed by atoms with Crippen LogP contribution in [0.4, 0.5) is 21.0 Å². The second-order valence-electron chi connectivity index (χ2n) is 7.14. The summed E-state index contributed by atoms with van der Waals surface area (Å²) in [6.07, 6.45) is 0.667. The highest BCUT2D eigenvalue weighted by Crippen LogP contribution is 2.21. The molecule has 2 heterocycles. The van der Waals surface area contributed by atoms with Crippen molar-refractivity contribution in [2.45, 2.75) is 26.8 Å². The largest absolute Gasteiger partial charge is 0.382 e. The molecule has 0 unspecified atom stereocenters. The van der Waals surface area contributed by atoms with Gasteiger partial charge in [0, 0.05) is 13.6 Å². The zero-order valence-electron chi connectivity index (χ0n) is 17.9. The molecule has 2 aromatic heterocycles. The Hall–Kier alpha value is -3.48. The van der Waals surface area contributed by atoms with Crippen LogP contribution >= 0.6 is 0 Å². The first-order valence-corrected chi connectivity index (χ1v) is 11.5. The summed E-state index contributed by atoms with van der Waals surface area (Å²) in [5.41, 5.74) is 5.82. The third-order valence-electron chi connectivity index (χ3n) is 4.75. The maximum Gasteiger partial charge on any atom is 0.339 e. The lowest BCUT2D eigenvalue weighted by Gasteiger charge is -2.16. The van der Waals surface area contributed by atoms with E-state index in [1.165, 1.54) is 40.7 Å². The van der Waals surface area contributed by atoms with E-state index in [2.05, 4.69) is 14.7 Å². The summed E-state index contributed by atoms with van der Waals surface area (Å²) in [7, 11) is -2.17. The van der Waals surface area contributed by atoms with Gasteiger partial charge in [-0.25, -0.2) is 27.0 Å². The Bertz CT molecular complexity index is 1320. The Morgan fingerprint density at radius 3 is 2.47 bits per heavy atom. The zero-order chi connectivity index (χ0) is 23.6. The minimum atomic E-state index is -3.72. The molecule has 3 N–H and O–H groups in total. The van der Waals surface area contributed by atoms with Gasteiger partial charge >= 0.3 is 11.7 Å². The molecule has 0 aliphatic rings. The number of halogens is 1. The van der Waals surface area contributed by atoms with Gasteiger partial charge in [-0.1, -0.05) is 19.1 Å². The maximum atomic E-state index is 13.3. The highest BCUT2D eigenvalue weighted by Gasteiger charge is 2.26. The van der Waals surface area contributed by atoms with Crippen molar-refractivity contribution < 1.29 is 17.6 Å².